The third-order valence-corrected chi connectivity index (χ3v) is 3.38. The van der Waals surface area contributed by atoms with Crippen LogP contribution in [0.4, 0.5) is 15.9 Å². The number of rotatable bonds is 6. The minimum atomic E-state index is -2.36. The smallest absolute Gasteiger partial charge is 0.202 e. The normalized spacial score (nSPS) is 11.0. The zero-order chi connectivity index (χ0) is 21.3. The number of benzene rings is 1. The standard InChI is InChI=1S/C12H14BrFN8O2.H3NO2S/c13-7-5-6(1-2-8(7)14)22(23)10(15)9-11(21-24-20-9)18-3-4-19-12(16)17;1-4(2)3/h1-2,5,15,23H,3-4H2,(H,18,21)(H4,16,17,19);1H2,(H,2,3)/p-1. The lowest BCUT2D eigenvalue weighted by Gasteiger charge is -2.16. The third kappa shape index (κ3) is 7.53. The van der Waals surface area contributed by atoms with Crippen molar-refractivity contribution in [2.45, 2.75) is 0 Å². The maximum atomic E-state index is 13.3. The number of hydrogen-bond acceptors (Lipinski definition) is 9. The van der Waals surface area contributed by atoms with Gasteiger partial charge < -0.3 is 21.3 Å². The average Bonchev–Trinajstić information content (AvgIpc) is 3.07. The van der Waals surface area contributed by atoms with Crippen LogP contribution in [0.5, 0.6) is 0 Å². The zero-order valence-electron chi connectivity index (χ0n) is 14.0. The maximum Gasteiger partial charge on any atom is 0.202 e. The van der Waals surface area contributed by atoms with Crippen molar-refractivity contribution in [2.24, 2.45) is 21.6 Å². The van der Waals surface area contributed by atoms with Crippen LogP contribution in [0.3, 0.4) is 0 Å². The molecule has 1 heterocycles. The number of nitrogens with zero attached hydrogens (tertiary/aromatic N) is 4. The second-order valence-electron chi connectivity index (χ2n) is 4.71. The largest absolute Gasteiger partial charge is 0.760 e. The average molecular weight is 481 g/mol. The number of hydroxylamine groups is 1. The molecule has 1 atom stereocenters. The number of halogens is 2. The summed E-state index contributed by atoms with van der Waals surface area (Å²) >= 11 is 0.644. The lowest BCUT2D eigenvalue weighted by Crippen LogP contribution is -2.28. The number of guanidine groups is 1. The first kappa shape index (κ1) is 23.4. The maximum absolute atomic E-state index is 13.3. The first-order valence-electron chi connectivity index (χ1n) is 7.12. The Morgan fingerprint density at radius 2 is 2.14 bits per heavy atom. The summed E-state index contributed by atoms with van der Waals surface area (Å²) < 4.78 is 35.5. The van der Waals surface area contributed by atoms with Gasteiger partial charge in [0.25, 0.3) is 0 Å². The van der Waals surface area contributed by atoms with E-state index in [9.17, 15) is 9.60 Å². The summed E-state index contributed by atoms with van der Waals surface area (Å²) in [6.45, 7) is 0.579. The summed E-state index contributed by atoms with van der Waals surface area (Å²) in [7, 11) is 0. The molecule has 0 fully saturated rings. The molecule has 0 aliphatic carbocycles. The van der Waals surface area contributed by atoms with Gasteiger partial charge in [0.2, 0.25) is 5.82 Å². The van der Waals surface area contributed by atoms with E-state index in [0.717, 1.165) is 6.07 Å². The lowest BCUT2D eigenvalue weighted by atomic mass is 10.3. The van der Waals surface area contributed by atoms with Crippen molar-refractivity contribution in [2.75, 3.05) is 23.5 Å². The Balaban J connectivity index is 0.000000892. The van der Waals surface area contributed by atoms with E-state index in [2.05, 4.69) is 46.3 Å². The molecule has 0 radical (unpaired) electrons. The van der Waals surface area contributed by atoms with Gasteiger partial charge in [0.05, 0.1) is 16.7 Å². The summed E-state index contributed by atoms with van der Waals surface area (Å²) in [5.74, 6) is -0.833. The molecule has 28 heavy (non-hydrogen) atoms. The number of amidine groups is 1. The molecule has 154 valence electrons. The molecular weight excluding hydrogens is 465 g/mol. The number of hydrogen-bond donors (Lipinski definition) is 6. The Kier molecular flexibility index (Phi) is 9.39. The SMILES string of the molecule is N=C(c1nonc1NCCN=C(N)N)N(O)c1ccc(F)c(Br)c1.NS(=O)[O-]. The van der Waals surface area contributed by atoms with Crippen molar-refractivity contribution in [1.29, 1.82) is 5.41 Å². The minimum absolute atomic E-state index is 0.0392. The Morgan fingerprint density at radius 3 is 2.71 bits per heavy atom. The van der Waals surface area contributed by atoms with E-state index in [1.807, 2.05) is 0 Å². The summed E-state index contributed by atoms with van der Waals surface area (Å²) in [6.07, 6.45) is 0. The fraction of sp³-hybridized carbons (Fsp3) is 0.167. The molecule has 0 saturated heterocycles. The highest BCUT2D eigenvalue weighted by Gasteiger charge is 2.21. The van der Waals surface area contributed by atoms with Gasteiger partial charge in [-0.2, -0.15) is 0 Å². The molecule has 9 N–H and O–H groups in total. The lowest BCUT2D eigenvalue weighted by molar-refractivity contribution is 0.300. The van der Waals surface area contributed by atoms with Crippen molar-refractivity contribution in [3.63, 3.8) is 0 Å². The fourth-order valence-corrected chi connectivity index (χ4v) is 2.03. The van der Waals surface area contributed by atoms with Crippen molar-refractivity contribution in [3.05, 3.63) is 34.2 Å². The van der Waals surface area contributed by atoms with Crippen molar-refractivity contribution in [1.82, 2.24) is 10.3 Å². The second-order valence-corrected chi connectivity index (χ2v) is 6.09. The molecule has 0 aliphatic rings. The van der Waals surface area contributed by atoms with Crippen LogP contribution in [0.1, 0.15) is 5.69 Å². The van der Waals surface area contributed by atoms with Crippen LogP contribution in [-0.2, 0) is 11.3 Å². The highest BCUT2D eigenvalue weighted by atomic mass is 79.9. The Morgan fingerprint density at radius 1 is 1.50 bits per heavy atom. The van der Waals surface area contributed by atoms with E-state index in [0.29, 0.717) is 11.6 Å². The predicted octanol–water partition coefficient (Wildman–Crippen LogP) is -0.383. The first-order chi connectivity index (χ1) is 13.1. The fourth-order valence-electron chi connectivity index (χ4n) is 1.67. The summed E-state index contributed by atoms with van der Waals surface area (Å²) in [5.41, 5.74) is 10.5. The molecule has 2 rings (SSSR count). The van der Waals surface area contributed by atoms with E-state index in [4.69, 9.17) is 25.6 Å². The molecule has 1 unspecified atom stereocenters. The second kappa shape index (κ2) is 11.2. The van der Waals surface area contributed by atoms with Gasteiger partial charge in [0.1, 0.15) is 5.82 Å². The number of nitrogens with one attached hydrogen (secondary N) is 2. The van der Waals surface area contributed by atoms with Crippen molar-refractivity contribution < 1.29 is 23.0 Å². The quantitative estimate of drug-likeness (QED) is 0.103. The van der Waals surface area contributed by atoms with E-state index in [1.54, 1.807) is 0 Å². The molecule has 1 aromatic heterocycles. The van der Waals surface area contributed by atoms with Crippen LogP contribution in [-0.4, -0.2) is 49.2 Å². The van der Waals surface area contributed by atoms with Crippen LogP contribution < -0.4 is 27.0 Å². The van der Waals surface area contributed by atoms with E-state index < -0.39 is 22.9 Å². The summed E-state index contributed by atoms with van der Waals surface area (Å²) in [5, 5.41) is 32.7. The van der Waals surface area contributed by atoms with Crippen LogP contribution in [0.25, 0.3) is 0 Å². The van der Waals surface area contributed by atoms with Gasteiger partial charge in [-0.15, -0.1) is 0 Å². The topological polar surface area (TPSA) is 229 Å². The van der Waals surface area contributed by atoms with Crippen molar-refractivity contribution in [3.8, 4) is 0 Å². The van der Waals surface area contributed by atoms with Crippen LogP contribution in [0, 0.1) is 11.2 Å². The van der Waals surface area contributed by atoms with Gasteiger partial charge in [-0.25, -0.2) is 14.1 Å². The Bertz CT molecular complexity index is 857. The summed E-state index contributed by atoms with van der Waals surface area (Å²) in [4.78, 5) is 3.78. The van der Waals surface area contributed by atoms with E-state index in [-0.39, 0.29) is 34.2 Å². The van der Waals surface area contributed by atoms with Crippen LogP contribution in [0.2, 0.25) is 0 Å². The van der Waals surface area contributed by atoms with Gasteiger partial charge >= 0.3 is 0 Å². The van der Waals surface area contributed by atoms with Crippen molar-refractivity contribution >= 4 is 50.5 Å². The zero-order valence-corrected chi connectivity index (χ0v) is 16.4. The predicted molar refractivity (Wildman–Crippen MR) is 102 cm³/mol. The molecule has 0 bridgehead atoms. The number of nitrogens with two attached hydrogens (primary N) is 3. The molecule has 0 amide bonds. The highest BCUT2D eigenvalue weighted by molar-refractivity contribution is 9.10. The molecule has 0 aliphatic heterocycles. The number of anilines is 2. The minimum Gasteiger partial charge on any atom is -0.760 e. The van der Waals surface area contributed by atoms with Gasteiger partial charge in [-0.3, -0.25) is 25.0 Å². The van der Waals surface area contributed by atoms with Crippen LogP contribution in [0.15, 0.2) is 32.3 Å². The van der Waals surface area contributed by atoms with Crippen LogP contribution >= 0.6 is 15.9 Å². The van der Waals surface area contributed by atoms with Gasteiger partial charge in [-0.05, 0) is 44.4 Å². The first-order valence-corrected chi connectivity index (χ1v) is 9.05. The van der Waals surface area contributed by atoms with Gasteiger partial charge in [0.15, 0.2) is 17.5 Å². The molecule has 16 heteroatoms. The third-order valence-electron chi connectivity index (χ3n) is 2.77. The molecule has 1 aromatic carbocycles. The number of aliphatic imine (C=N–C) groups is 1. The Labute approximate surface area is 168 Å². The molecule has 13 nitrogen and oxygen atoms in total. The highest BCUT2D eigenvalue weighted by Crippen LogP contribution is 2.24. The Hall–Kier alpha value is -2.66. The molecular formula is C12H16BrFN9O4S-. The molecule has 0 spiro atoms. The number of aromatic nitrogens is 2. The summed E-state index contributed by atoms with van der Waals surface area (Å²) in [6, 6.07) is 3.75. The molecule has 2 aromatic rings. The van der Waals surface area contributed by atoms with Gasteiger partial charge in [-0.1, -0.05) is 0 Å². The van der Waals surface area contributed by atoms with E-state index in [1.165, 1.54) is 12.1 Å². The van der Waals surface area contributed by atoms with Gasteiger partial charge in [0, 0.05) is 17.8 Å². The monoisotopic (exact) mass is 480 g/mol. The van der Waals surface area contributed by atoms with E-state index >= 15 is 0 Å². The molecule has 0 saturated carbocycles.